The van der Waals surface area contributed by atoms with Crippen molar-refractivity contribution in [1.82, 2.24) is 5.32 Å². The van der Waals surface area contributed by atoms with Gasteiger partial charge >= 0.3 is 0 Å². The highest BCUT2D eigenvalue weighted by Crippen LogP contribution is 2.14. The van der Waals surface area contributed by atoms with E-state index in [9.17, 15) is 0 Å². The topological polar surface area (TPSA) is 12.0 Å². The molecule has 1 N–H and O–H groups in total. The van der Waals surface area contributed by atoms with Crippen LogP contribution in [0.5, 0.6) is 0 Å². The molecule has 0 spiro atoms. The minimum absolute atomic E-state index is 0. The highest BCUT2D eigenvalue weighted by atomic mass is 35.5. The van der Waals surface area contributed by atoms with E-state index >= 15 is 0 Å². The number of hydrogen-bond donors (Lipinski definition) is 1. The van der Waals surface area contributed by atoms with E-state index in [2.05, 4.69) is 12.2 Å². The molecule has 0 saturated carbocycles. The van der Waals surface area contributed by atoms with Gasteiger partial charge in [-0.1, -0.05) is 116 Å². The van der Waals surface area contributed by atoms with Gasteiger partial charge in [0.25, 0.3) is 0 Å². The Morgan fingerprint density at radius 2 is 0.696 bits per heavy atom. The molecule has 1 nitrogen and oxygen atoms in total. The Morgan fingerprint density at radius 3 is 0.957 bits per heavy atom. The highest BCUT2D eigenvalue weighted by Gasteiger charge is 1.94. The van der Waals surface area contributed by atoms with Crippen molar-refractivity contribution in [1.29, 1.82) is 0 Å². The van der Waals surface area contributed by atoms with E-state index in [1.165, 1.54) is 122 Å². The molecule has 0 aromatic heterocycles. The number of rotatable bonds is 19. The van der Waals surface area contributed by atoms with Crippen LogP contribution in [0.15, 0.2) is 0 Å². The van der Waals surface area contributed by atoms with Gasteiger partial charge in [-0.3, -0.25) is 0 Å². The summed E-state index contributed by atoms with van der Waals surface area (Å²) < 4.78 is 0. The summed E-state index contributed by atoms with van der Waals surface area (Å²) in [5, 5.41) is 3.22. The molecule has 0 heterocycles. The second-order valence-electron chi connectivity index (χ2n) is 7.11. The Hall–Kier alpha value is 0.250. The third kappa shape index (κ3) is 24.6. The van der Waals surface area contributed by atoms with Gasteiger partial charge in [-0.25, -0.2) is 0 Å². The van der Waals surface area contributed by atoms with Crippen molar-refractivity contribution in [2.75, 3.05) is 13.6 Å². The molecule has 23 heavy (non-hydrogen) atoms. The maximum absolute atomic E-state index is 3.22. The van der Waals surface area contributed by atoms with Crippen molar-refractivity contribution < 1.29 is 0 Å². The van der Waals surface area contributed by atoms with E-state index in [1.807, 2.05) is 7.05 Å². The van der Waals surface area contributed by atoms with Crippen LogP contribution in [0.4, 0.5) is 0 Å². The monoisotopic (exact) mass is 347 g/mol. The maximum atomic E-state index is 3.22. The fourth-order valence-corrected chi connectivity index (χ4v) is 3.20. The number of nitrogens with one attached hydrogen (secondary N) is 1. The Labute approximate surface area is 154 Å². The molecule has 142 valence electrons. The van der Waals surface area contributed by atoms with Gasteiger partial charge in [0, 0.05) is 0 Å². The molecule has 0 fully saturated rings. The Morgan fingerprint density at radius 1 is 0.435 bits per heavy atom. The van der Waals surface area contributed by atoms with Gasteiger partial charge in [-0.05, 0) is 20.0 Å². The van der Waals surface area contributed by atoms with E-state index in [0.29, 0.717) is 0 Å². The third-order valence-electron chi connectivity index (χ3n) is 4.78. The lowest BCUT2D eigenvalue weighted by molar-refractivity contribution is 0.524. The molecule has 0 rings (SSSR count). The predicted octanol–water partition coefficient (Wildman–Crippen LogP) is 7.67. The van der Waals surface area contributed by atoms with Crippen LogP contribution in [-0.2, 0) is 0 Å². The summed E-state index contributed by atoms with van der Waals surface area (Å²) in [4.78, 5) is 0. The molecule has 0 aromatic carbocycles. The molecule has 0 unspecified atom stereocenters. The first-order chi connectivity index (χ1) is 10.9. The van der Waals surface area contributed by atoms with E-state index in [-0.39, 0.29) is 12.4 Å². The van der Waals surface area contributed by atoms with Gasteiger partial charge in [-0.2, -0.15) is 0 Å². The van der Waals surface area contributed by atoms with Crippen molar-refractivity contribution in [2.24, 2.45) is 0 Å². The van der Waals surface area contributed by atoms with E-state index in [1.54, 1.807) is 0 Å². The number of hydrogen-bond acceptors (Lipinski definition) is 1. The van der Waals surface area contributed by atoms with Crippen LogP contribution in [0.1, 0.15) is 122 Å². The van der Waals surface area contributed by atoms with Crippen molar-refractivity contribution in [3.63, 3.8) is 0 Å². The summed E-state index contributed by atoms with van der Waals surface area (Å²) in [6, 6.07) is 0. The fraction of sp³-hybridized carbons (Fsp3) is 1.00. The summed E-state index contributed by atoms with van der Waals surface area (Å²) >= 11 is 0. The fourth-order valence-electron chi connectivity index (χ4n) is 3.20. The number of unbranched alkanes of at least 4 members (excludes halogenated alkanes) is 17. The molecule has 0 aromatic rings. The van der Waals surface area contributed by atoms with Crippen LogP contribution < -0.4 is 5.32 Å². The van der Waals surface area contributed by atoms with Crippen LogP contribution in [0.25, 0.3) is 0 Å². The van der Waals surface area contributed by atoms with Crippen LogP contribution in [0.2, 0.25) is 0 Å². The molecular formula is C21H46ClN. The quantitative estimate of drug-likeness (QED) is 0.236. The second kappa shape index (κ2) is 24.5. The van der Waals surface area contributed by atoms with Crippen molar-refractivity contribution in [3.05, 3.63) is 0 Å². The Balaban J connectivity index is 0. The van der Waals surface area contributed by atoms with Gasteiger partial charge < -0.3 is 5.32 Å². The zero-order chi connectivity index (χ0) is 16.1. The van der Waals surface area contributed by atoms with Gasteiger partial charge in [0.1, 0.15) is 0 Å². The smallest absolute Gasteiger partial charge is 0.00519 e. The highest BCUT2D eigenvalue weighted by molar-refractivity contribution is 5.85. The minimum atomic E-state index is 0. The molecule has 2 heteroatoms. The Kier molecular flexibility index (Phi) is 27.2. The summed E-state index contributed by atoms with van der Waals surface area (Å²) in [6.07, 6.45) is 26.2. The molecule has 0 saturated heterocycles. The van der Waals surface area contributed by atoms with Crippen molar-refractivity contribution >= 4 is 12.4 Å². The van der Waals surface area contributed by atoms with E-state index in [0.717, 1.165) is 0 Å². The van der Waals surface area contributed by atoms with Gasteiger partial charge in [0.05, 0.1) is 0 Å². The number of halogens is 1. The lowest BCUT2D eigenvalue weighted by Crippen LogP contribution is -2.06. The zero-order valence-electron chi connectivity index (χ0n) is 16.3. The first-order valence-electron chi connectivity index (χ1n) is 10.6. The summed E-state index contributed by atoms with van der Waals surface area (Å²) in [6.45, 7) is 3.49. The van der Waals surface area contributed by atoms with Crippen LogP contribution in [-0.4, -0.2) is 13.6 Å². The minimum Gasteiger partial charge on any atom is -0.320 e. The SMILES string of the molecule is CCCCCCCCCCCCCCCCCCCCNC.Cl. The Bertz CT molecular complexity index is 165. The molecule has 0 aliphatic carbocycles. The van der Waals surface area contributed by atoms with Crippen LogP contribution in [0.3, 0.4) is 0 Å². The van der Waals surface area contributed by atoms with Crippen LogP contribution >= 0.6 is 12.4 Å². The second-order valence-corrected chi connectivity index (χ2v) is 7.11. The molecule has 0 bridgehead atoms. The molecule has 0 amide bonds. The summed E-state index contributed by atoms with van der Waals surface area (Å²) in [5.41, 5.74) is 0. The van der Waals surface area contributed by atoms with E-state index < -0.39 is 0 Å². The zero-order valence-corrected chi connectivity index (χ0v) is 17.2. The standard InChI is InChI=1S/C21H45N.ClH/c1-3-4-5-6-7-8-9-10-11-12-13-14-15-16-17-18-19-20-21-22-2;/h22H,3-21H2,1-2H3;1H. The molecule has 0 aliphatic heterocycles. The summed E-state index contributed by atoms with van der Waals surface area (Å²) in [5.74, 6) is 0. The van der Waals surface area contributed by atoms with E-state index in [4.69, 9.17) is 0 Å². The molecular weight excluding hydrogens is 302 g/mol. The first-order valence-corrected chi connectivity index (χ1v) is 10.6. The maximum Gasteiger partial charge on any atom is -0.00519 e. The van der Waals surface area contributed by atoms with Gasteiger partial charge in [-0.15, -0.1) is 12.4 Å². The van der Waals surface area contributed by atoms with Crippen LogP contribution in [0, 0.1) is 0 Å². The molecule has 0 aliphatic rings. The van der Waals surface area contributed by atoms with Crippen molar-refractivity contribution in [2.45, 2.75) is 122 Å². The third-order valence-corrected chi connectivity index (χ3v) is 4.78. The first kappa shape index (κ1) is 25.5. The normalized spacial score (nSPS) is 10.7. The van der Waals surface area contributed by atoms with Crippen molar-refractivity contribution in [3.8, 4) is 0 Å². The lowest BCUT2D eigenvalue weighted by atomic mass is 10.0. The largest absolute Gasteiger partial charge is 0.320 e. The van der Waals surface area contributed by atoms with Gasteiger partial charge in [0.15, 0.2) is 0 Å². The molecule has 0 radical (unpaired) electrons. The average Bonchev–Trinajstić information content (AvgIpc) is 2.54. The molecule has 0 atom stereocenters. The average molecular weight is 348 g/mol. The van der Waals surface area contributed by atoms with Gasteiger partial charge in [0.2, 0.25) is 0 Å². The summed E-state index contributed by atoms with van der Waals surface area (Å²) in [7, 11) is 2.05. The lowest BCUT2D eigenvalue weighted by Gasteiger charge is -2.03. The predicted molar refractivity (Wildman–Crippen MR) is 110 cm³/mol.